The third kappa shape index (κ3) is 3.82. The monoisotopic (exact) mass is 391 g/mol. The number of para-hydroxylation sites is 1. The highest BCUT2D eigenvalue weighted by molar-refractivity contribution is 5.91. The number of ether oxygens (including phenoxy) is 1. The van der Waals surface area contributed by atoms with Crippen molar-refractivity contribution in [3.05, 3.63) is 76.2 Å². The normalized spacial score (nSPS) is 12.5. The average molecular weight is 391 g/mol. The van der Waals surface area contributed by atoms with Gasteiger partial charge in [0.1, 0.15) is 5.75 Å². The molecule has 0 aliphatic carbocycles. The van der Waals surface area contributed by atoms with Gasteiger partial charge < -0.3 is 15.0 Å². The van der Waals surface area contributed by atoms with Crippen LogP contribution in [0.3, 0.4) is 0 Å². The number of amides is 1. The Morgan fingerprint density at radius 2 is 1.93 bits per heavy atom. The number of hydrogen-bond acceptors (Lipinski definition) is 6. The summed E-state index contributed by atoms with van der Waals surface area (Å²) in [5, 5.41) is 10.8. The molecule has 0 radical (unpaired) electrons. The number of rotatable bonds is 6. The summed E-state index contributed by atoms with van der Waals surface area (Å²) in [4.78, 5) is 27.1. The zero-order valence-electron chi connectivity index (χ0n) is 16.0. The Morgan fingerprint density at radius 3 is 2.72 bits per heavy atom. The highest BCUT2D eigenvalue weighted by atomic mass is 16.5. The van der Waals surface area contributed by atoms with Crippen molar-refractivity contribution in [3.63, 3.8) is 0 Å². The molecule has 0 saturated carbocycles. The zero-order valence-corrected chi connectivity index (χ0v) is 16.0. The second-order valence-electron chi connectivity index (χ2n) is 6.65. The molecular formula is C21H21N5O3. The van der Waals surface area contributed by atoms with Crippen LogP contribution in [0, 0.1) is 0 Å². The third-order valence-corrected chi connectivity index (χ3v) is 4.83. The topological polar surface area (TPSA) is 89.3 Å². The lowest BCUT2D eigenvalue weighted by Crippen LogP contribution is -2.35. The summed E-state index contributed by atoms with van der Waals surface area (Å²) in [5.74, 6) is 0.701. The average Bonchev–Trinajstić information content (AvgIpc) is 3.20. The van der Waals surface area contributed by atoms with Gasteiger partial charge in [0.2, 0.25) is 11.6 Å². The molecule has 0 spiro atoms. The standard InChI is InChI=1S/C21H21N5O3/c1-29-17-9-5-6-15(14-17)10-11-22-19(27)18-20(28)26-13-12-25(21(26)24-23-18)16-7-3-2-4-8-16/h2-9,14H,10-13H2,1H3,(H,22,27). The van der Waals surface area contributed by atoms with E-state index in [4.69, 9.17) is 4.74 Å². The first-order chi connectivity index (χ1) is 14.2. The molecule has 1 aliphatic rings. The van der Waals surface area contributed by atoms with Crippen LogP contribution in [-0.2, 0) is 13.0 Å². The molecule has 0 saturated heterocycles. The van der Waals surface area contributed by atoms with Crippen LogP contribution in [-0.4, -0.2) is 40.9 Å². The van der Waals surface area contributed by atoms with E-state index in [0.717, 1.165) is 17.0 Å². The fraction of sp³-hybridized carbons (Fsp3) is 0.238. The number of carbonyl (C=O) groups excluding carboxylic acids is 1. The van der Waals surface area contributed by atoms with E-state index in [0.29, 0.717) is 32.0 Å². The van der Waals surface area contributed by atoms with E-state index in [1.165, 1.54) is 4.57 Å². The van der Waals surface area contributed by atoms with Crippen molar-refractivity contribution >= 4 is 17.5 Å². The van der Waals surface area contributed by atoms with Gasteiger partial charge in [-0.25, -0.2) is 0 Å². The number of nitrogens with one attached hydrogen (secondary N) is 1. The van der Waals surface area contributed by atoms with Crippen molar-refractivity contribution in [2.75, 3.05) is 25.1 Å². The first kappa shape index (κ1) is 18.7. The molecule has 8 heteroatoms. The third-order valence-electron chi connectivity index (χ3n) is 4.83. The van der Waals surface area contributed by atoms with Gasteiger partial charge in [0.15, 0.2) is 0 Å². The minimum absolute atomic E-state index is 0.186. The molecule has 3 aromatic rings. The van der Waals surface area contributed by atoms with E-state index in [-0.39, 0.29) is 5.69 Å². The molecule has 4 rings (SSSR count). The molecule has 1 amide bonds. The summed E-state index contributed by atoms with van der Waals surface area (Å²) in [6.07, 6.45) is 0.616. The van der Waals surface area contributed by atoms with Crippen LogP contribution in [0.15, 0.2) is 59.4 Å². The highest BCUT2D eigenvalue weighted by Crippen LogP contribution is 2.25. The Labute approximate surface area is 167 Å². The van der Waals surface area contributed by atoms with E-state index in [1.807, 2.05) is 59.5 Å². The van der Waals surface area contributed by atoms with Crippen LogP contribution < -0.4 is 20.5 Å². The number of nitrogens with zero attached hydrogens (tertiary/aromatic N) is 4. The fourth-order valence-corrected chi connectivity index (χ4v) is 3.34. The van der Waals surface area contributed by atoms with Crippen molar-refractivity contribution < 1.29 is 9.53 Å². The molecule has 2 heterocycles. The number of methoxy groups -OCH3 is 1. The van der Waals surface area contributed by atoms with Gasteiger partial charge in [0, 0.05) is 25.3 Å². The molecule has 0 fully saturated rings. The Balaban J connectivity index is 1.45. The minimum atomic E-state index is -0.515. The van der Waals surface area contributed by atoms with E-state index >= 15 is 0 Å². The maximum atomic E-state index is 12.8. The largest absolute Gasteiger partial charge is 0.497 e. The van der Waals surface area contributed by atoms with Crippen molar-refractivity contribution in [1.82, 2.24) is 20.1 Å². The van der Waals surface area contributed by atoms with Crippen LogP contribution in [0.25, 0.3) is 0 Å². The van der Waals surface area contributed by atoms with Crippen molar-refractivity contribution in [2.45, 2.75) is 13.0 Å². The highest BCUT2D eigenvalue weighted by Gasteiger charge is 2.26. The van der Waals surface area contributed by atoms with E-state index in [2.05, 4.69) is 15.5 Å². The second kappa shape index (κ2) is 8.14. The summed E-state index contributed by atoms with van der Waals surface area (Å²) in [5.41, 5.74) is 1.35. The molecule has 1 N–H and O–H groups in total. The predicted molar refractivity (Wildman–Crippen MR) is 109 cm³/mol. The molecule has 1 aliphatic heterocycles. The molecular weight excluding hydrogens is 370 g/mol. The maximum absolute atomic E-state index is 12.8. The fourth-order valence-electron chi connectivity index (χ4n) is 3.34. The van der Waals surface area contributed by atoms with Gasteiger partial charge in [0.25, 0.3) is 11.5 Å². The van der Waals surface area contributed by atoms with Crippen LogP contribution in [0.2, 0.25) is 0 Å². The van der Waals surface area contributed by atoms with Crippen molar-refractivity contribution in [1.29, 1.82) is 0 Å². The molecule has 8 nitrogen and oxygen atoms in total. The Bertz CT molecular complexity index is 1080. The summed E-state index contributed by atoms with van der Waals surface area (Å²) in [6.45, 7) is 1.45. The van der Waals surface area contributed by atoms with Crippen molar-refractivity contribution in [2.24, 2.45) is 0 Å². The SMILES string of the molecule is COc1cccc(CCNC(=O)c2nnc3n(c2=O)CCN3c2ccccc2)c1. The Morgan fingerprint density at radius 1 is 1.10 bits per heavy atom. The van der Waals surface area contributed by atoms with Gasteiger partial charge in [-0.05, 0) is 36.2 Å². The zero-order chi connectivity index (χ0) is 20.2. The van der Waals surface area contributed by atoms with Crippen LogP contribution in [0.5, 0.6) is 5.75 Å². The quantitative estimate of drug-likeness (QED) is 0.689. The molecule has 1 aromatic heterocycles. The number of aromatic nitrogens is 3. The molecule has 0 bridgehead atoms. The number of carbonyl (C=O) groups is 1. The van der Waals surface area contributed by atoms with Crippen molar-refractivity contribution in [3.8, 4) is 5.75 Å². The van der Waals surface area contributed by atoms with Gasteiger partial charge >= 0.3 is 0 Å². The smallest absolute Gasteiger partial charge is 0.286 e. The molecule has 0 unspecified atom stereocenters. The lowest BCUT2D eigenvalue weighted by atomic mass is 10.1. The Hall–Kier alpha value is -3.68. The first-order valence-corrected chi connectivity index (χ1v) is 9.38. The predicted octanol–water partition coefficient (Wildman–Crippen LogP) is 1.77. The van der Waals surface area contributed by atoms with E-state index in [1.54, 1.807) is 7.11 Å². The van der Waals surface area contributed by atoms with Gasteiger partial charge in [-0.1, -0.05) is 30.3 Å². The first-order valence-electron chi connectivity index (χ1n) is 9.38. The second-order valence-corrected chi connectivity index (χ2v) is 6.65. The maximum Gasteiger partial charge on any atom is 0.286 e. The van der Waals surface area contributed by atoms with Crippen LogP contribution >= 0.6 is 0 Å². The summed E-state index contributed by atoms with van der Waals surface area (Å²) in [6, 6.07) is 17.3. The number of hydrogen-bond donors (Lipinski definition) is 1. The summed E-state index contributed by atoms with van der Waals surface area (Å²) < 4.78 is 6.69. The lowest BCUT2D eigenvalue weighted by molar-refractivity contribution is 0.0945. The molecule has 0 atom stereocenters. The van der Waals surface area contributed by atoms with Crippen LogP contribution in [0.1, 0.15) is 16.1 Å². The summed E-state index contributed by atoms with van der Waals surface area (Å²) in [7, 11) is 1.61. The molecule has 148 valence electrons. The summed E-state index contributed by atoms with van der Waals surface area (Å²) >= 11 is 0. The number of benzene rings is 2. The van der Waals surface area contributed by atoms with Gasteiger partial charge in [-0.2, -0.15) is 0 Å². The lowest BCUT2D eigenvalue weighted by Gasteiger charge is -2.16. The Kier molecular flexibility index (Phi) is 5.24. The van der Waals surface area contributed by atoms with Gasteiger partial charge in [0.05, 0.1) is 7.11 Å². The van der Waals surface area contributed by atoms with Gasteiger partial charge in [-0.15, -0.1) is 10.2 Å². The minimum Gasteiger partial charge on any atom is -0.497 e. The number of fused-ring (bicyclic) bond motifs is 1. The van der Waals surface area contributed by atoms with E-state index in [9.17, 15) is 9.59 Å². The van der Waals surface area contributed by atoms with E-state index < -0.39 is 11.5 Å². The van der Waals surface area contributed by atoms with Crippen LogP contribution in [0.4, 0.5) is 11.6 Å². The van der Waals surface area contributed by atoms with Gasteiger partial charge in [-0.3, -0.25) is 14.2 Å². The number of anilines is 2. The molecule has 2 aromatic carbocycles. The molecule has 29 heavy (non-hydrogen) atoms.